The van der Waals surface area contributed by atoms with Crippen LogP contribution >= 0.6 is 0 Å². The monoisotopic (exact) mass is 634 g/mol. The first-order valence-corrected chi connectivity index (χ1v) is 16.3. The van der Waals surface area contributed by atoms with Gasteiger partial charge in [-0.3, -0.25) is 14.2 Å². The van der Waals surface area contributed by atoms with Crippen LogP contribution < -0.4 is 16.2 Å². The first-order chi connectivity index (χ1) is 21.8. The average Bonchev–Trinajstić information content (AvgIpc) is 3.00. The van der Waals surface area contributed by atoms with Gasteiger partial charge in [-0.15, -0.1) is 0 Å². The van der Waals surface area contributed by atoms with Crippen LogP contribution in [0, 0.1) is 0 Å². The van der Waals surface area contributed by atoms with E-state index in [1.165, 1.54) is 10.9 Å². The summed E-state index contributed by atoms with van der Waals surface area (Å²) in [5.74, 6) is 0.215. The second kappa shape index (κ2) is 15.6. The Morgan fingerprint density at radius 3 is 2.50 bits per heavy atom. The van der Waals surface area contributed by atoms with E-state index >= 15 is 0 Å². The fourth-order valence-electron chi connectivity index (χ4n) is 5.68. The van der Waals surface area contributed by atoms with E-state index in [1.54, 1.807) is 6.07 Å². The molecular formula is C35H50N6O5. The van der Waals surface area contributed by atoms with E-state index in [1.807, 2.05) is 75.2 Å². The average molecular weight is 635 g/mol. The Balaban J connectivity index is 1.22. The Bertz CT molecular complexity index is 1510. The maximum atomic E-state index is 13.3. The molecule has 46 heavy (non-hydrogen) atoms. The van der Waals surface area contributed by atoms with Crippen LogP contribution in [0.2, 0.25) is 0 Å². The van der Waals surface area contributed by atoms with E-state index in [4.69, 9.17) is 4.74 Å². The molecule has 0 radical (unpaired) electrons. The van der Waals surface area contributed by atoms with Crippen LogP contribution in [0.1, 0.15) is 64.9 Å². The second-order valence-electron chi connectivity index (χ2n) is 13.5. The molecule has 1 saturated heterocycles. The minimum Gasteiger partial charge on any atom is -0.444 e. The van der Waals surface area contributed by atoms with Crippen LogP contribution in [0.25, 0.3) is 10.9 Å². The minimum atomic E-state index is -1.08. The number of piperidine rings is 1. The molecule has 0 bridgehead atoms. The standard InChI is InChI=1S/C35H50N6O5/c1-26(27-10-7-6-8-11-27)22-31(42)40-19-14-35(45,15-20-40)24-41-25-38-30-23-28(12-13-29(30)32(41)43)36-17-21-39(5)18-9-16-37-33(44)46-34(2,3)4/h6-8,10-13,23,25-26,36,45H,9,14-22,24H2,1-5H3,(H,37,44)/t26-/m1/s1. The highest BCUT2D eigenvalue weighted by molar-refractivity contribution is 5.81. The van der Waals surface area contributed by atoms with Crippen LogP contribution in [0.5, 0.6) is 0 Å². The molecule has 2 aromatic carbocycles. The van der Waals surface area contributed by atoms with Gasteiger partial charge in [0, 0.05) is 44.8 Å². The van der Waals surface area contributed by atoms with Crippen molar-refractivity contribution in [1.29, 1.82) is 0 Å². The number of amides is 2. The van der Waals surface area contributed by atoms with Gasteiger partial charge in [-0.25, -0.2) is 9.78 Å². The van der Waals surface area contributed by atoms with Crippen molar-refractivity contribution < 1.29 is 19.4 Å². The molecule has 11 heteroatoms. The van der Waals surface area contributed by atoms with E-state index < -0.39 is 17.3 Å². The Hall–Kier alpha value is -3.96. The summed E-state index contributed by atoms with van der Waals surface area (Å²) in [6, 6.07) is 15.5. The number of likely N-dealkylation sites (N-methyl/N-ethyl adjacent to an activating group) is 1. The van der Waals surface area contributed by atoms with Crippen LogP contribution in [-0.2, 0) is 16.1 Å². The Morgan fingerprint density at radius 1 is 1.09 bits per heavy atom. The van der Waals surface area contributed by atoms with E-state index in [0.717, 1.165) is 30.8 Å². The third-order valence-electron chi connectivity index (χ3n) is 8.39. The number of aliphatic hydroxyl groups is 1. The predicted molar refractivity (Wildman–Crippen MR) is 181 cm³/mol. The van der Waals surface area contributed by atoms with Crippen molar-refractivity contribution in [1.82, 2.24) is 24.7 Å². The number of nitrogens with one attached hydrogen (secondary N) is 2. The first-order valence-electron chi connectivity index (χ1n) is 16.3. The SMILES string of the molecule is C[C@H](CC(=O)N1CCC(O)(Cn2cnc3cc(NCCN(C)CCCNC(=O)OC(C)(C)C)ccc3c2=O)CC1)c1ccccc1. The number of nitrogens with zero attached hydrogens (tertiary/aromatic N) is 4. The molecule has 0 aliphatic carbocycles. The van der Waals surface area contributed by atoms with Crippen LogP contribution in [0.15, 0.2) is 59.7 Å². The number of likely N-dealkylation sites (tertiary alicyclic amines) is 1. The molecule has 1 atom stereocenters. The molecule has 1 aliphatic heterocycles. The lowest BCUT2D eigenvalue weighted by atomic mass is 9.90. The summed E-state index contributed by atoms with van der Waals surface area (Å²) in [5, 5.41) is 18.0. The Labute approximate surface area is 271 Å². The predicted octanol–water partition coefficient (Wildman–Crippen LogP) is 4.20. The quantitative estimate of drug-likeness (QED) is 0.239. The normalized spacial score (nSPS) is 15.5. The number of alkyl carbamates (subject to hydrolysis) is 1. The second-order valence-corrected chi connectivity index (χ2v) is 13.5. The summed E-state index contributed by atoms with van der Waals surface area (Å²) in [5.41, 5.74) is 0.816. The molecule has 1 aliphatic rings. The van der Waals surface area contributed by atoms with Crippen molar-refractivity contribution in [3.05, 3.63) is 70.8 Å². The molecule has 4 rings (SSSR count). The van der Waals surface area contributed by atoms with Crippen molar-refractivity contribution in [2.24, 2.45) is 0 Å². The number of carbonyl (C=O) groups is 2. The van der Waals surface area contributed by atoms with Gasteiger partial charge in [0.2, 0.25) is 5.91 Å². The van der Waals surface area contributed by atoms with E-state index in [9.17, 15) is 19.5 Å². The number of rotatable bonds is 13. The highest BCUT2D eigenvalue weighted by Crippen LogP contribution is 2.27. The molecule has 11 nitrogen and oxygen atoms in total. The molecule has 0 saturated carbocycles. The summed E-state index contributed by atoms with van der Waals surface area (Å²) in [6.45, 7) is 11.5. The molecule has 3 aromatic rings. The van der Waals surface area contributed by atoms with Crippen molar-refractivity contribution in [2.75, 3.05) is 51.6 Å². The van der Waals surface area contributed by atoms with Crippen molar-refractivity contribution >= 4 is 28.6 Å². The van der Waals surface area contributed by atoms with Crippen molar-refractivity contribution in [3.8, 4) is 0 Å². The third kappa shape index (κ3) is 10.3. The van der Waals surface area contributed by atoms with Crippen LogP contribution in [-0.4, -0.2) is 94.0 Å². The summed E-state index contributed by atoms with van der Waals surface area (Å²) in [7, 11) is 2.03. The summed E-state index contributed by atoms with van der Waals surface area (Å²) in [6.07, 6.45) is 3.15. The first kappa shape index (κ1) is 34.9. The molecule has 3 N–H and O–H groups in total. The molecule has 250 valence electrons. The number of aromatic nitrogens is 2. The van der Waals surface area contributed by atoms with Gasteiger partial charge >= 0.3 is 6.09 Å². The number of hydrogen-bond acceptors (Lipinski definition) is 8. The Kier molecular flexibility index (Phi) is 11.8. The minimum absolute atomic E-state index is 0.0894. The number of ether oxygens (including phenoxy) is 1. The largest absolute Gasteiger partial charge is 0.444 e. The smallest absolute Gasteiger partial charge is 0.407 e. The topological polar surface area (TPSA) is 129 Å². The molecule has 2 amide bonds. The van der Waals surface area contributed by atoms with Gasteiger partial charge in [0.1, 0.15) is 5.60 Å². The highest BCUT2D eigenvalue weighted by atomic mass is 16.6. The lowest BCUT2D eigenvalue weighted by Gasteiger charge is -2.38. The van der Waals surface area contributed by atoms with Gasteiger partial charge in [-0.05, 0) is 83.3 Å². The summed E-state index contributed by atoms with van der Waals surface area (Å²) >= 11 is 0. The maximum Gasteiger partial charge on any atom is 0.407 e. The summed E-state index contributed by atoms with van der Waals surface area (Å²) in [4.78, 5) is 46.5. The van der Waals surface area contributed by atoms with Gasteiger partial charge in [0.05, 0.1) is 29.4 Å². The summed E-state index contributed by atoms with van der Waals surface area (Å²) < 4.78 is 6.73. The van der Waals surface area contributed by atoms with Gasteiger partial charge in [0.15, 0.2) is 0 Å². The molecule has 1 aromatic heterocycles. The molecule has 0 unspecified atom stereocenters. The fourth-order valence-corrected chi connectivity index (χ4v) is 5.68. The van der Waals surface area contributed by atoms with Crippen LogP contribution in [0.3, 0.4) is 0 Å². The third-order valence-corrected chi connectivity index (χ3v) is 8.39. The van der Waals surface area contributed by atoms with E-state index in [-0.39, 0.29) is 23.9 Å². The van der Waals surface area contributed by atoms with Crippen LogP contribution in [0.4, 0.5) is 10.5 Å². The molecule has 2 heterocycles. The zero-order chi connectivity index (χ0) is 33.3. The number of carbonyl (C=O) groups excluding carboxylic acids is 2. The molecule has 0 spiro atoms. The number of fused-ring (bicyclic) bond motifs is 1. The van der Waals surface area contributed by atoms with E-state index in [0.29, 0.717) is 56.3 Å². The van der Waals surface area contributed by atoms with E-state index in [2.05, 4.69) is 27.4 Å². The number of hydrogen-bond donors (Lipinski definition) is 3. The van der Waals surface area contributed by atoms with Gasteiger partial charge < -0.3 is 30.3 Å². The fraction of sp³-hybridized carbons (Fsp3) is 0.543. The maximum absolute atomic E-state index is 13.3. The molecule has 1 fully saturated rings. The van der Waals surface area contributed by atoms with Gasteiger partial charge in [0.25, 0.3) is 5.56 Å². The number of benzene rings is 2. The molecular weight excluding hydrogens is 584 g/mol. The lowest BCUT2D eigenvalue weighted by molar-refractivity contribution is -0.136. The van der Waals surface area contributed by atoms with Gasteiger partial charge in [-0.1, -0.05) is 37.3 Å². The lowest BCUT2D eigenvalue weighted by Crippen LogP contribution is -2.49. The van der Waals surface area contributed by atoms with Crippen molar-refractivity contribution in [3.63, 3.8) is 0 Å². The van der Waals surface area contributed by atoms with Gasteiger partial charge in [-0.2, -0.15) is 0 Å². The zero-order valence-electron chi connectivity index (χ0n) is 27.9. The highest BCUT2D eigenvalue weighted by Gasteiger charge is 2.35. The zero-order valence-corrected chi connectivity index (χ0v) is 27.9. The van der Waals surface area contributed by atoms with Crippen molar-refractivity contribution in [2.45, 2.75) is 77.0 Å². The Morgan fingerprint density at radius 2 is 1.80 bits per heavy atom. The number of anilines is 1.